The van der Waals surface area contributed by atoms with Gasteiger partial charge in [-0.1, -0.05) is 12.1 Å². The van der Waals surface area contributed by atoms with E-state index in [0.717, 1.165) is 5.56 Å². The van der Waals surface area contributed by atoms with Gasteiger partial charge in [-0.15, -0.1) is 0 Å². The van der Waals surface area contributed by atoms with Crippen molar-refractivity contribution in [3.63, 3.8) is 0 Å². The van der Waals surface area contributed by atoms with Crippen LogP contribution in [0.15, 0.2) is 59.8 Å². The molecule has 1 aromatic carbocycles. The van der Waals surface area contributed by atoms with E-state index in [-0.39, 0.29) is 11.8 Å². The summed E-state index contributed by atoms with van der Waals surface area (Å²) in [4.78, 5) is 26.9. The van der Waals surface area contributed by atoms with Gasteiger partial charge in [-0.2, -0.15) is 10.4 Å². The second kappa shape index (κ2) is 7.27. The molecule has 1 amide bonds. The molecular formula is C18H13N5O3. The highest BCUT2D eigenvalue weighted by Gasteiger charge is 2.08. The molecule has 0 unspecified atom stereocenters. The van der Waals surface area contributed by atoms with Gasteiger partial charge >= 0.3 is 6.09 Å². The quantitative estimate of drug-likeness (QED) is 0.746. The molecule has 0 saturated heterocycles. The molecule has 0 spiro atoms. The first-order valence-corrected chi connectivity index (χ1v) is 7.58. The van der Waals surface area contributed by atoms with Crippen LogP contribution in [0.25, 0.3) is 5.69 Å². The van der Waals surface area contributed by atoms with Crippen LogP contribution in [0.2, 0.25) is 0 Å². The lowest BCUT2D eigenvalue weighted by molar-refractivity contribution is 0.210. The van der Waals surface area contributed by atoms with Gasteiger partial charge in [0.2, 0.25) is 5.43 Å². The fourth-order valence-corrected chi connectivity index (χ4v) is 2.40. The van der Waals surface area contributed by atoms with Crippen LogP contribution in [0.3, 0.4) is 0 Å². The molecular weight excluding hydrogens is 334 g/mol. The van der Waals surface area contributed by atoms with Crippen molar-refractivity contribution >= 4 is 11.8 Å². The van der Waals surface area contributed by atoms with Crippen LogP contribution in [-0.4, -0.2) is 26.0 Å². The number of rotatable bonds is 4. The van der Waals surface area contributed by atoms with Crippen molar-refractivity contribution in [2.24, 2.45) is 0 Å². The molecule has 0 fully saturated rings. The van der Waals surface area contributed by atoms with Crippen LogP contribution in [0.1, 0.15) is 16.8 Å². The minimum Gasteiger partial charge on any atom is -0.465 e. The molecule has 8 heteroatoms. The van der Waals surface area contributed by atoms with Gasteiger partial charge in [0.25, 0.3) is 0 Å². The average molecular weight is 347 g/mol. The second-order valence-electron chi connectivity index (χ2n) is 5.42. The molecule has 8 nitrogen and oxygen atoms in total. The molecule has 0 saturated carbocycles. The summed E-state index contributed by atoms with van der Waals surface area (Å²) in [5.74, 6) is 0. The Hall–Kier alpha value is -3.99. The van der Waals surface area contributed by atoms with E-state index in [2.05, 4.69) is 15.4 Å². The normalized spacial score (nSPS) is 10.1. The van der Waals surface area contributed by atoms with Crippen molar-refractivity contribution in [1.29, 1.82) is 5.26 Å². The van der Waals surface area contributed by atoms with Gasteiger partial charge in [0, 0.05) is 30.6 Å². The zero-order valence-electron chi connectivity index (χ0n) is 13.5. The van der Waals surface area contributed by atoms with E-state index in [9.17, 15) is 9.59 Å². The van der Waals surface area contributed by atoms with Crippen LogP contribution >= 0.6 is 0 Å². The Labute approximate surface area is 148 Å². The van der Waals surface area contributed by atoms with Crippen LogP contribution in [0.4, 0.5) is 10.5 Å². The number of aromatic nitrogens is 3. The molecule has 2 N–H and O–H groups in total. The highest BCUT2D eigenvalue weighted by molar-refractivity contribution is 5.82. The first-order chi connectivity index (χ1) is 12.5. The van der Waals surface area contributed by atoms with E-state index >= 15 is 0 Å². The highest BCUT2D eigenvalue weighted by atomic mass is 16.4. The lowest BCUT2D eigenvalue weighted by Gasteiger charge is -2.08. The van der Waals surface area contributed by atoms with Gasteiger partial charge in [0.05, 0.1) is 17.4 Å². The SMILES string of the molecule is N#Cc1cncc(-n2ccc(=O)c(Cc3cccc(NC(=O)O)c3)n2)c1. The molecule has 3 rings (SSSR count). The first kappa shape index (κ1) is 16.9. The summed E-state index contributed by atoms with van der Waals surface area (Å²) in [5.41, 5.74) is 2.16. The molecule has 0 radical (unpaired) electrons. The number of pyridine rings is 1. The Morgan fingerprint density at radius 3 is 2.88 bits per heavy atom. The second-order valence-corrected chi connectivity index (χ2v) is 5.42. The first-order valence-electron chi connectivity index (χ1n) is 7.58. The predicted octanol–water partition coefficient (Wildman–Crippen LogP) is 2.18. The summed E-state index contributed by atoms with van der Waals surface area (Å²) < 4.78 is 1.48. The van der Waals surface area contributed by atoms with E-state index < -0.39 is 6.09 Å². The average Bonchev–Trinajstić information content (AvgIpc) is 2.63. The monoisotopic (exact) mass is 347 g/mol. The van der Waals surface area contributed by atoms with Crippen LogP contribution in [0.5, 0.6) is 0 Å². The number of hydrogen-bond acceptors (Lipinski definition) is 5. The molecule has 0 aliphatic carbocycles. The maximum Gasteiger partial charge on any atom is 0.409 e. The summed E-state index contributed by atoms with van der Waals surface area (Å²) >= 11 is 0. The van der Waals surface area contributed by atoms with E-state index in [4.69, 9.17) is 10.4 Å². The smallest absolute Gasteiger partial charge is 0.409 e. The van der Waals surface area contributed by atoms with Gasteiger partial charge in [0.15, 0.2) is 0 Å². The Bertz CT molecular complexity index is 1070. The van der Waals surface area contributed by atoms with Crippen molar-refractivity contribution in [3.05, 3.63) is 82.0 Å². The summed E-state index contributed by atoms with van der Waals surface area (Å²) in [6.45, 7) is 0. The number of carboxylic acid groups (broad SMARTS) is 1. The van der Waals surface area contributed by atoms with Crippen molar-refractivity contribution in [3.8, 4) is 11.8 Å². The molecule has 0 atom stereocenters. The Kier molecular flexibility index (Phi) is 4.71. The van der Waals surface area contributed by atoms with Crippen molar-refractivity contribution in [1.82, 2.24) is 14.8 Å². The van der Waals surface area contributed by atoms with Gasteiger partial charge in [-0.25, -0.2) is 9.48 Å². The number of nitrogens with zero attached hydrogens (tertiary/aromatic N) is 4. The van der Waals surface area contributed by atoms with E-state index in [1.165, 1.54) is 23.1 Å². The Morgan fingerprint density at radius 2 is 2.12 bits per heavy atom. The minimum atomic E-state index is -1.16. The highest BCUT2D eigenvalue weighted by Crippen LogP contribution is 2.13. The van der Waals surface area contributed by atoms with Crippen molar-refractivity contribution < 1.29 is 9.90 Å². The number of benzene rings is 1. The maximum absolute atomic E-state index is 12.1. The van der Waals surface area contributed by atoms with Gasteiger partial charge in [-0.05, 0) is 23.8 Å². The zero-order valence-corrected chi connectivity index (χ0v) is 13.5. The van der Waals surface area contributed by atoms with E-state index in [1.807, 2.05) is 6.07 Å². The van der Waals surface area contributed by atoms with Crippen LogP contribution < -0.4 is 10.7 Å². The molecule has 2 heterocycles. The fourth-order valence-electron chi connectivity index (χ4n) is 2.40. The number of nitrogens with one attached hydrogen (secondary N) is 1. The van der Waals surface area contributed by atoms with Crippen molar-refractivity contribution in [2.75, 3.05) is 5.32 Å². The zero-order chi connectivity index (χ0) is 18.5. The van der Waals surface area contributed by atoms with Crippen LogP contribution in [-0.2, 0) is 6.42 Å². The van der Waals surface area contributed by atoms with Gasteiger partial charge in [0.1, 0.15) is 11.8 Å². The molecule has 2 aromatic heterocycles. The van der Waals surface area contributed by atoms with E-state index in [0.29, 0.717) is 22.6 Å². The fraction of sp³-hybridized carbons (Fsp3) is 0.0556. The Balaban J connectivity index is 1.92. The third-order valence-corrected chi connectivity index (χ3v) is 3.55. The summed E-state index contributed by atoms with van der Waals surface area (Å²) in [6.07, 6.45) is 3.56. The summed E-state index contributed by atoms with van der Waals surface area (Å²) in [7, 11) is 0. The minimum absolute atomic E-state index is 0.234. The third kappa shape index (κ3) is 3.91. The van der Waals surface area contributed by atoms with Crippen LogP contribution in [0, 0.1) is 11.3 Å². The number of amides is 1. The topological polar surface area (TPSA) is 121 Å². The number of nitriles is 1. The lowest BCUT2D eigenvalue weighted by Crippen LogP contribution is -2.16. The summed E-state index contributed by atoms with van der Waals surface area (Å²) in [5, 5.41) is 24.4. The lowest BCUT2D eigenvalue weighted by atomic mass is 10.1. The van der Waals surface area contributed by atoms with Gasteiger partial charge < -0.3 is 5.11 Å². The number of hydrogen-bond donors (Lipinski definition) is 2. The summed E-state index contributed by atoms with van der Waals surface area (Å²) in [6, 6.07) is 11.8. The predicted molar refractivity (Wildman–Crippen MR) is 93.2 cm³/mol. The molecule has 0 aliphatic rings. The molecule has 0 aliphatic heterocycles. The molecule has 128 valence electrons. The largest absolute Gasteiger partial charge is 0.465 e. The maximum atomic E-state index is 12.1. The van der Waals surface area contributed by atoms with Gasteiger partial charge in [-0.3, -0.25) is 15.1 Å². The Morgan fingerprint density at radius 1 is 1.27 bits per heavy atom. The number of anilines is 1. The standard InChI is InChI=1S/C18H13N5O3/c19-9-13-7-15(11-20-10-13)23-5-4-17(24)16(22-23)8-12-2-1-3-14(6-12)21-18(25)26/h1-7,10-11,21H,8H2,(H,25,26). The van der Waals surface area contributed by atoms with Crippen molar-refractivity contribution in [2.45, 2.75) is 6.42 Å². The molecule has 3 aromatic rings. The number of carbonyl (C=O) groups is 1. The third-order valence-electron chi connectivity index (χ3n) is 3.55. The molecule has 0 bridgehead atoms. The molecule has 26 heavy (non-hydrogen) atoms. The van der Waals surface area contributed by atoms with E-state index in [1.54, 1.807) is 36.5 Å².